The summed E-state index contributed by atoms with van der Waals surface area (Å²) in [6.45, 7) is 0. The molecule has 1 nitrogen and oxygen atoms in total. The van der Waals surface area contributed by atoms with Gasteiger partial charge in [0.25, 0.3) is 0 Å². The fourth-order valence-electron chi connectivity index (χ4n) is 1.92. The van der Waals surface area contributed by atoms with Crippen molar-refractivity contribution in [2.24, 2.45) is 11.3 Å². The summed E-state index contributed by atoms with van der Waals surface area (Å²) in [5.74, 6) is 3.29. The van der Waals surface area contributed by atoms with Crippen LogP contribution in [0.15, 0.2) is 0 Å². The molecule has 2 rings (SSSR count). The van der Waals surface area contributed by atoms with Gasteiger partial charge in [-0.2, -0.15) is 17.0 Å². The van der Waals surface area contributed by atoms with Crippen molar-refractivity contribution in [3.63, 3.8) is 0 Å². The van der Waals surface area contributed by atoms with Crippen molar-refractivity contribution in [3.05, 3.63) is 0 Å². The molecule has 60 valence electrons. The van der Waals surface area contributed by atoms with E-state index in [4.69, 9.17) is 5.26 Å². The first-order valence-electron chi connectivity index (χ1n) is 4.36. The first-order chi connectivity index (χ1) is 5.37. The summed E-state index contributed by atoms with van der Waals surface area (Å²) < 4.78 is 0. The molecule has 1 aliphatic heterocycles. The van der Waals surface area contributed by atoms with Gasteiger partial charge in [0, 0.05) is 0 Å². The van der Waals surface area contributed by atoms with Crippen molar-refractivity contribution in [1.82, 2.24) is 0 Å². The van der Waals surface area contributed by atoms with Crippen LogP contribution in [0, 0.1) is 22.7 Å². The standard InChI is InChI=1S/C9H13NS/c10-7-9(3-4-9)8-2-1-5-11-6-8/h8H,1-6H2. The summed E-state index contributed by atoms with van der Waals surface area (Å²) in [5, 5.41) is 8.95. The van der Waals surface area contributed by atoms with E-state index in [2.05, 4.69) is 6.07 Å². The number of rotatable bonds is 1. The number of hydrogen-bond donors (Lipinski definition) is 0. The Labute approximate surface area is 72.2 Å². The molecule has 1 heterocycles. The van der Waals surface area contributed by atoms with E-state index in [0.717, 1.165) is 5.92 Å². The van der Waals surface area contributed by atoms with Crippen LogP contribution in [0.5, 0.6) is 0 Å². The molecule has 1 unspecified atom stereocenters. The van der Waals surface area contributed by atoms with Gasteiger partial charge in [-0.25, -0.2) is 0 Å². The molecule has 1 saturated heterocycles. The Bertz CT molecular complexity index is 184. The normalized spacial score (nSPS) is 34.3. The number of hydrogen-bond acceptors (Lipinski definition) is 2. The van der Waals surface area contributed by atoms with Gasteiger partial charge in [0.15, 0.2) is 0 Å². The fraction of sp³-hybridized carbons (Fsp3) is 0.889. The number of nitrogens with zero attached hydrogens (tertiary/aromatic N) is 1. The minimum atomic E-state index is 0.146. The van der Waals surface area contributed by atoms with E-state index in [1.54, 1.807) is 0 Å². The number of thioether (sulfide) groups is 1. The highest BCUT2D eigenvalue weighted by Gasteiger charge is 2.49. The van der Waals surface area contributed by atoms with Crippen molar-refractivity contribution in [2.45, 2.75) is 25.7 Å². The monoisotopic (exact) mass is 167 g/mol. The van der Waals surface area contributed by atoms with Crippen molar-refractivity contribution in [2.75, 3.05) is 11.5 Å². The fourth-order valence-corrected chi connectivity index (χ4v) is 3.23. The van der Waals surface area contributed by atoms with E-state index in [0.29, 0.717) is 0 Å². The third-order valence-corrected chi connectivity index (χ3v) is 4.17. The van der Waals surface area contributed by atoms with Crippen molar-refractivity contribution in [1.29, 1.82) is 5.26 Å². The lowest BCUT2D eigenvalue weighted by Gasteiger charge is -2.24. The maximum atomic E-state index is 8.95. The molecule has 0 spiro atoms. The molecular formula is C9H13NS. The Balaban J connectivity index is 1.99. The van der Waals surface area contributed by atoms with Gasteiger partial charge in [-0.15, -0.1) is 0 Å². The summed E-state index contributed by atoms with van der Waals surface area (Å²) in [6, 6.07) is 2.51. The van der Waals surface area contributed by atoms with E-state index in [1.165, 1.54) is 37.2 Å². The molecule has 0 aromatic rings. The second-order valence-electron chi connectivity index (χ2n) is 3.68. The topological polar surface area (TPSA) is 23.8 Å². The highest BCUT2D eigenvalue weighted by atomic mass is 32.2. The van der Waals surface area contributed by atoms with Crippen LogP contribution in [0.2, 0.25) is 0 Å². The van der Waals surface area contributed by atoms with Crippen LogP contribution >= 0.6 is 11.8 Å². The zero-order chi connectivity index (χ0) is 7.73. The van der Waals surface area contributed by atoms with Crippen LogP contribution in [-0.2, 0) is 0 Å². The SMILES string of the molecule is N#CC1(C2CCCSC2)CC1. The maximum absolute atomic E-state index is 8.95. The molecule has 0 amide bonds. The van der Waals surface area contributed by atoms with Gasteiger partial charge in [-0.3, -0.25) is 0 Å². The lowest BCUT2D eigenvalue weighted by molar-refractivity contribution is 0.388. The summed E-state index contributed by atoms with van der Waals surface area (Å²) in [7, 11) is 0. The lowest BCUT2D eigenvalue weighted by Crippen LogP contribution is -2.20. The Morgan fingerprint density at radius 2 is 2.27 bits per heavy atom. The van der Waals surface area contributed by atoms with E-state index in [1.807, 2.05) is 11.8 Å². The second kappa shape index (κ2) is 2.71. The van der Waals surface area contributed by atoms with Crippen LogP contribution < -0.4 is 0 Å². The molecule has 0 aromatic heterocycles. The van der Waals surface area contributed by atoms with Gasteiger partial charge in [-0.05, 0) is 43.1 Å². The van der Waals surface area contributed by atoms with Gasteiger partial charge in [0.05, 0.1) is 11.5 Å². The van der Waals surface area contributed by atoms with E-state index in [-0.39, 0.29) is 5.41 Å². The molecule has 0 bridgehead atoms. The molecule has 1 atom stereocenters. The van der Waals surface area contributed by atoms with Gasteiger partial charge >= 0.3 is 0 Å². The third kappa shape index (κ3) is 1.27. The minimum Gasteiger partial charge on any atom is -0.198 e. The predicted octanol–water partition coefficient (Wildman–Crippen LogP) is 2.43. The Morgan fingerprint density at radius 3 is 2.73 bits per heavy atom. The smallest absolute Gasteiger partial charge is 0.0693 e. The zero-order valence-electron chi connectivity index (χ0n) is 6.68. The van der Waals surface area contributed by atoms with Gasteiger partial charge in [-0.1, -0.05) is 0 Å². The van der Waals surface area contributed by atoms with E-state index < -0.39 is 0 Å². The van der Waals surface area contributed by atoms with Crippen molar-refractivity contribution in [3.8, 4) is 6.07 Å². The van der Waals surface area contributed by atoms with Crippen LogP contribution in [0.3, 0.4) is 0 Å². The highest BCUT2D eigenvalue weighted by molar-refractivity contribution is 7.99. The average Bonchev–Trinajstić information content (AvgIpc) is 2.86. The minimum absolute atomic E-state index is 0.146. The molecule has 0 radical (unpaired) electrons. The summed E-state index contributed by atoms with van der Waals surface area (Å²) in [5.41, 5.74) is 0.146. The molecule has 0 N–H and O–H groups in total. The summed E-state index contributed by atoms with van der Waals surface area (Å²) >= 11 is 2.03. The maximum Gasteiger partial charge on any atom is 0.0693 e. The largest absolute Gasteiger partial charge is 0.198 e. The Kier molecular flexibility index (Phi) is 1.85. The van der Waals surface area contributed by atoms with Crippen molar-refractivity contribution < 1.29 is 0 Å². The zero-order valence-corrected chi connectivity index (χ0v) is 7.49. The quantitative estimate of drug-likeness (QED) is 0.599. The molecule has 2 aliphatic rings. The molecular weight excluding hydrogens is 154 g/mol. The molecule has 1 aliphatic carbocycles. The van der Waals surface area contributed by atoms with Crippen LogP contribution in [0.4, 0.5) is 0 Å². The first kappa shape index (κ1) is 7.49. The Morgan fingerprint density at radius 1 is 1.45 bits per heavy atom. The molecule has 2 heteroatoms. The molecule has 0 aromatic carbocycles. The predicted molar refractivity (Wildman–Crippen MR) is 47.3 cm³/mol. The van der Waals surface area contributed by atoms with E-state index >= 15 is 0 Å². The molecule has 11 heavy (non-hydrogen) atoms. The lowest BCUT2D eigenvalue weighted by atomic mass is 9.88. The van der Waals surface area contributed by atoms with Crippen molar-refractivity contribution >= 4 is 11.8 Å². The second-order valence-corrected chi connectivity index (χ2v) is 4.83. The van der Waals surface area contributed by atoms with Crippen LogP contribution in [-0.4, -0.2) is 11.5 Å². The summed E-state index contributed by atoms with van der Waals surface area (Å²) in [6.07, 6.45) is 4.99. The average molecular weight is 167 g/mol. The third-order valence-electron chi connectivity index (χ3n) is 2.95. The van der Waals surface area contributed by atoms with Gasteiger partial charge in [0.2, 0.25) is 0 Å². The van der Waals surface area contributed by atoms with E-state index in [9.17, 15) is 0 Å². The van der Waals surface area contributed by atoms with Crippen LogP contribution in [0.25, 0.3) is 0 Å². The van der Waals surface area contributed by atoms with Crippen LogP contribution in [0.1, 0.15) is 25.7 Å². The highest BCUT2D eigenvalue weighted by Crippen LogP contribution is 2.54. The van der Waals surface area contributed by atoms with Gasteiger partial charge < -0.3 is 0 Å². The first-order valence-corrected chi connectivity index (χ1v) is 5.52. The number of nitriles is 1. The van der Waals surface area contributed by atoms with Gasteiger partial charge in [0.1, 0.15) is 0 Å². The molecule has 1 saturated carbocycles. The Hall–Kier alpha value is -0.160. The molecule has 2 fully saturated rings. The summed E-state index contributed by atoms with van der Waals surface area (Å²) in [4.78, 5) is 0.